The maximum atomic E-state index is 14.1. The molecule has 0 fully saturated rings. The molecule has 3 amide bonds. The predicted octanol–water partition coefficient (Wildman–Crippen LogP) is 7.71. The van der Waals surface area contributed by atoms with E-state index in [1.54, 1.807) is 29.7 Å². The summed E-state index contributed by atoms with van der Waals surface area (Å²) in [5.41, 5.74) is 1.64. The van der Waals surface area contributed by atoms with Crippen molar-refractivity contribution in [3.8, 4) is 0 Å². The van der Waals surface area contributed by atoms with Crippen molar-refractivity contribution in [2.75, 3.05) is 15.5 Å². The van der Waals surface area contributed by atoms with E-state index in [0.717, 1.165) is 15.5 Å². The summed E-state index contributed by atoms with van der Waals surface area (Å²) in [5, 5.41) is 5.33. The second-order valence-electron chi connectivity index (χ2n) is 8.51. The summed E-state index contributed by atoms with van der Waals surface area (Å²) < 4.78 is 14.7. The number of rotatable bonds is 5. The van der Waals surface area contributed by atoms with Crippen LogP contribution in [-0.2, 0) is 4.79 Å². The Bertz CT molecular complexity index is 1410. The van der Waals surface area contributed by atoms with Crippen molar-refractivity contribution < 1.29 is 14.0 Å². The fourth-order valence-electron chi connectivity index (χ4n) is 4.14. The molecule has 3 aromatic carbocycles. The van der Waals surface area contributed by atoms with Crippen molar-refractivity contribution in [2.24, 2.45) is 0 Å². The third kappa shape index (κ3) is 5.79. The number of anilines is 3. The summed E-state index contributed by atoms with van der Waals surface area (Å²) in [5.74, 6) is -0.820. The minimum atomic E-state index is -0.507. The maximum Gasteiger partial charge on any atom is 0.326 e. The van der Waals surface area contributed by atoms with E-state index in [4.69, 9.17) is 0 Å². The zero-order chi connectivity index (χ0) is 25.9. The largest absolute Gasteiger partial charge is 0.326 e. The SMILES string of the molecule is CC(Sc1cccc(NC(=O)N2c3ccccc3SC3C=CC=CC32)c1)C(=O)Nc1ccc(Br)cc1F. The lowest BCUT2D eigenvalue weighted by Gasteiger charge is -2.40. The van der Waals surface area contributed by atoms with Gasteiger partial charge in [0.05, 0.1) is 27.9 Å². The van der Waals surface area contributed by atoms with Gasteiger partial charge in [-0.2, -0.15) is 0 Å². The molecule has 5 nitrogen and oxygen atoms in total. The molecule has 2 aliphatic rings. The highest BCUT2D eigenvalue weighted by molar-refractivity contribution is 9.10. The first-order valence-corrected chi connectivity index (χ1v) is 14.2. The van der Waals surface area contributed by atoms with Crippen molar-refractivity contribution in [3.63, 3.8) is 0 Å². The molecule has 0 bridgehead atoms. The molecule has 0 radical (unpaired) electrons. The number of allylic oxidation sites excluding steroid dienone is 2. The fraction of sp³-hybridized carbons (Fsp3) is 0.143. The highest BCUT2D eigenvalue weighted by Gasteiger charge is 2.36. The van der Waals surface area contributed by atoms with Crippen molar-refractivity contribution in [1.29, 1.82) is 0 Å². The summed E-state index contributed by atoms with van der Waals surface area (Å²) in [4.78, 5) is 29.9. The number of nitrogens with one attached hydrogen (secondary N) is 2. The lowest BCUT2D eigenvalue weighted by Crippen LogP contribution is -2.49. The Morgan fingerprint density at radius 2 is 1.84 bits per heavy atom. The molecule has 3 unspecified atom stereocenters. The Kier molecular flexibility index (Phi) is 7.73. The topological polar surface area (TPSA) is 61.4 Å². The molecule has 0 spiro atoms. The number of carbonyl (C=O) groups excluding carboxylic acids is 2. The minimum absolute atomic E-state index is 0.0924. The number of urea groups is 1. The van der Waals surface area contributed by atoms with Crippen LogP contribution in [0.15, 0.2) is 105 Å². The van der Waals surface area contributed by atoms with Gasteiger partial charge in [-0.3, -0.25) is 9.69 Å². The Balaban J connectivity index is 1.28. The fourth-order valence-corrected chi connectivity index (χ4v) is 6.66. The molecular weight excluding hydrogens is 573 g/mol. The third-order valence-electron chi connectivity index (χ3n) is 5.92. The average Bonchev–Trinajstić information content (AvgIpc) is 2.89. The van der Waals surface area contributed by atoms with Gasteiger partial charge < -0.3 is 10.6 Å². The van der Waals surface area contributed by atoms with E-state index >= 15 is 0 Å². The highest BCUT2D eigenvalue weighted by Crippen LogP contribution is 2.43. The second kappa shape index (κ2) is 11.2. The number of thioether (sulfide) groups is 2. The lowest BCUT2D eigenvalue weighted by atomic mass is 10.1. The van der Waals surface area contributed by atoms with Crippen molar-refractivity contribution >= 4 is 68.5 Å². The van der Waals surface area contributed by atoms with Gasteiger partial charge in [-0.25, -0.2) is 9.18 Å². The second-order valence-corrected chi connectivity index (χ2v) is 12.1. The van der Waals surface area contributed by atoms with E-state index in [-0.39, 0.29) is 28.9 Å². The van der Waals surface area contributed by atoms with Gasteiger partial charge in [-0.05, 0) is 55.5 Å². The van der Waals surface area contributed by atoms with Gasteiger partial charge in [0.25, 0.3) is 0 Å². The van der Waals surface area contributed by atoms with Crippen LogP contribution in [-0.4, -0.2) is 28.5 Å². The Morgan fingerprint density at radius 3 is 2.68 bits per heavy atom. The van der Waals surface area contributed by atoms with Crippen LogP contribution < -0.4 is 15.5 Å². The number of halogens is 2. The van der Waals surface area contributed by atoms with Crippen LogP contribution in [0.4, 0.5) is 26.2 Å². The van der Waals surface area contributed by atoms with Crippen LogP contribution in [0, 0.1) is 5.82 Å². The number of para-hydroxylation sites is 1. The first kappa shape index (κ1) is 25.6. The molecule has 9 heteroatoms. The molecule has 1 aliphatic heterocycles. The van der Waals surface area contributed by atoms with E-state index < -0.39 is 11.1 Å². The maximum absolute atomic E-state index is 14.1. The van der Waals surface area contributed by atoms with Crippen LogP contribution >= 0.6 is 39.5 Å². The Hall–Kier alpha value is -3.01. The summed E-state index contributed by atoms with van der Waals surface area (Å²) in [7, 11) is 0. The molecule has 188 valence electrons. The summed E-state index contributed by atoms with van der Waals surface area (Å²) in [6.45, 7) is 1.76. The molecule has 2 N–H and O–H groups in total. The number of fused-ring (bicyclic) bond motifs is 2. The highest BCUT2D eigenvalue weighted by atomic mass is 79.9. The van der Waals surface area contributed by atoms with Crippen molar-refractivity contribution in [2.45, 2.75) is 33.3 Å². The van der Waals surface area contributed by atoms with Gasteiger partial charge in [-0.1, -0.05) is 58.4 Å². The third-order valence-corrected chi connectivity index (χ3v) is 8.81. The van der Waals surface area contributed by atoms with Crippen LogP contribution in [0.3, 0.4) is 0 Å². The number of carbonyl (C=O) groups is 2. The van der Waals surface area contributed by atoms with E-state index in [1.807, 2.05) is 66.8 Å². The number of amides is 3. The van der Waals surface area contributed by atoms with Gasteiger partial charge in [0, 0.05) is 20.0 Å². The number of benzene rings is 3. The molecule has 1 aliphatic carbocycles. The standard InChI is InChI=1S/C28H23BrFN3O2S2/c1-17(27(34)32-22-14-13-18(29)15-21(22)30)36-20-8-6-7-19(16-20)31-28(35)33-23-9-2-4-11-25(23)37-26-12-5-3-10-24(26)33/h2-17,23,25H,1H3,(H,31,35)(H,32,34). The molecule has 5 rings (SSSR count). The zero-order valence-electron chi connectivity index (χ0n) is 19.7. The molecular formula is C28H23BrFN3O2S2. The predicted molar refractivity (Wildman–Crippen MR) is 154 cm³/mol. The molecule has 0 aromatic heterocycles. The van der Waals surface area contributed by atoms with E-state index in [2.05, 4.69) is 32.6 Å². The van der Waals surface area contributed by atoms with E-state index in [1.165, 1.54) is 23.9 Å². The Morgan fingerprint density at radius 1 is 1.03 bits per heavy atom. The zero-order valence-corrected chi connectivity index (χ0v) is 22.9. The van der Waals surface area contributed by atoms with Gasteiger partial charge in [-0.15, -0.1) is 23.5 Å². The van der Waals surface area contributed by atoms with Crippen molar-refractivity contribution in [3.05, 3.63) is 101 Å². The van der Waals surface area contributed by atoms with Crippen LogP contribution in [0.25, 0.3) is 0 Å². The molecule has 1 heterocycles. The summed E-state index contributed by atoms with van der Waals surface area (Å²) in [6, 6.07) is 19.5. The van der Waals surface area contributed by atoms with Gasteiger partial charge in [0.2, 0.25) is 5.91 Å². The summed E-state index contributed by atoms with van der Waals surface area (Å²) in [6.07, 6.45) is 8.16. The van der Waals surface area contributed by atoms with Crippen LogP contribution in [0.5, 0.6) is 0 Å². The van der Waals surface area contributed by atoms with E-state index in [9.17, 15) is 14.0 Å². The number of hydrogen-bond donors (Lipinski definition) is 2. The van der Waals surface area contributed by atoms with E-state index in [0.29, 0.717) is 10.2 Å². The first-order valence-electron chi connectivity index (χ1n) is 11.6. The molecule has 3 aromatic rings. The Labute approximate surface area is 231 Å². The van der Waals surface area contributed by atoms with Gasteiger partial charge in [0.1, 0.15) is 5.82 Å². The smallest absolute Gasteiger partial charge is 0.323 e. The minimum Gasteiger partial charge on any atom is -0.323 e. The monoisotopic (exact) mass is 595 g/mol. The quantitative estimate of drug-likeness (QED) is 0.296. The molecule has 0 saturated carbocycles. The molecule has 0 saturated heterocycles. The molecule has 37 heavy (non-hydrogen) atoms. The number of nitrogens with zero attached hydrogens (tertiary/aromatic N) is 1. The van der Waals surface area contributed by atoms with Crippen LogP contribution in [0.1, 0.15) is 6.92 Å². The van der Waals surface area contributed by atoms with Crippen molar-refractivity contribution in [1.82, 2.24) is 0 Å². The lowest BCUT2D eigenvalue weighted by molar-refractivity contribution is -0.115. The normalized spacial score (nSPS) is 18.5. The average molecular weight is 597 g/mol. The van der Waals surface area contributed by atoms with Crippen LogP contribution in [0.2, 0.25) is 0 Å². The number of hydrogen-bond acceptors (Lipinski definition) is 4. The molecule has 3 atom stereocenters. The summed E-state index contributed by atoms with van der Waals surface area (Å²) >= 11 is 6.30. The first-order chi connectivity index (χ1) is 17.9. The van der Waals surface area contributed by atoms with Gasteiger partial charge >= 0.3 is 6.03 Å². The van der Waals surface area contributed by atoms with Gasteiger partial charge in [0.15, 0.2) is 0 Å².